The summed E-state index contributed by atoms with van der Waals surface area (Å²) in [6, 6.07) is 9.07. The zero-order valence-electron chi connectivity index (χ0n) is 33.2. The fraction of sp³-hybridized carbons (Fsp3) is 0.667. The Morgan fingerprint density at radius 2 is 0.620 bits per heavy atom. The van der Waals surface area contributed by atoms with Crippen molar-refractivity contribution < 1.29 is 0 Å². The first-order chi connectivity index (χ1) is 24.6. The first-order valence-electron chi connectivity index (χ1n) is 21.3. The normalized spacial score (nSPS) is 11.3. The summed E-state index contributed by atoms with van der Waals surface area (Å²) in [5.41, 5.74) is 9.08. The Bertz CT molecular complexity index is 1190. The van der Waals surface area contributed by atoms with Crippen molar-refractivity contribution in [1.82, 2.24) is 0 Å². The van der Waals surface area contributed by atoms with Gasteiger partial charge in [0.15, 0.2) is 0 Å². The van der Waals surface area contributed by atoms with Crippen LogP contribution in [-0.2, 0) is 25.7 Å². The number of unbranched alkanes of at least 4 members (excludes halogenated alkanes) is 20. The maximum absolute atomic E-state index is 6.12. The molecule has 2 rings (SSSR count). The molecule has 0 amide bonds. The highest BCUT2D eigenvalue weighted by molar-refractivity contribution is 5.58. The van der Waals surface area contributed by atoms with E-state index in [2.05, 4.69) is 63.8 Å². The standard InChI is InChI=1S/C48H74N2/c1-7-13-17-21-25-29-33-43-39-47(45(37-41(43)11-5)35-31-27-23-19-15-9-3)49-50-48-40-44(34-30-26-22-18-14-8-2)42(12-6)38-46(48)36-32-28-24-20-16-10-4/h5-6,37-40H,7-10,13-36H2,1-4H3. The molecule has 0 unspecified atom stereocenters. The lowest BCUT2D eigenvalue weighted by atomic mass is 9.94. The van der Waals surface area contributed by atoms with E-state index in [1.54, 1.807) is 0 Å². The molecule has 0 aliphatic heterocycles. The van der Waals surface area contributed by atoms with Crippen molar-refractivity contribution in [3.63, 3.8) is 0 Å². The van der Waals surface area contributed by atoms with E-state index >= 15 is 0 Å². The molecule has 2 nitrogen and oxygen atoms in total. The van der Waals surface area contributed by atoms with Gasteiger partial charge in [0.2, 0.25) is 0 Å². The van der Waals surface area contributed by atoms with E-state index < -0.39 is 0 Å². The van der Waals surface area contributed by atoms with Crippen LogP contribution >= 0.6 is 0 Å². The van der Waals surface area contributed by atoms with Crippen molar-refractivity contribution in [2.45, 2.75) is 207 Å². The highest BCUT2D eigenvalue weighted by atomic mass is 15.1. The van der Waals surface area contributed by atoms with Crippen LogP contribution in [0.2, 0.25) is 0 Å². The van der Waals surface area contributed by atoms with E-state index in [0.29, 0.717) is 0 Å². The molecule has 50 heavy (non-hydrogen) atoms. The number of nitrogens with zero attached hydrogens (tertiary/aromatic N) is 2. The molecule has 0 aliphatic rings. The van der Waals surface area contributed by atoms with Gasteiger partial charge in [0.1, 0.15) is 0 Å². The van der Waals surface area contributed by atoms with Crippen LogP contribution in [0.3, 0.4) is 0 Å². The van der Waals surface area contributed by atoms with Crippen molar-refractivity contribution in [3.05, 3.63) is 57.6 Å². The largest absolute Gasteiger partial charge is 0.150 e. The molecule has 0 bridgehead atoms. The van der Waals surface area contributed by atoms with Crippen molar-refractivity contribution in [2.75, 3.05) is 0 Å². The molecular weight excluding hydrogens is 605 g/mol. The molecule has 2 aromatic rings. The van der Waals surface area contributed by atoms with Gasteiger partial charge in [0, 0.05) is 11.1 Å². The third-order valence-electron chi connectivity index (χ3n) is 10.4. The first kappa shape index (κ1) is 43.3. The Kier molecular flexibility index (Phi) is 25.0. The van der Waals surface area contributed by atoms with Gasteiger partial charge >= 0.3 is 0 Å². The van der Waals surface area contributed by atoms with Gasteiger partial charge in [-0.15, -0.1) is 12.8 Å². The lowest BCUT2D eigenvalue weighted by Gasteiger charge is -2.13. The predicted octanol–water partition coefficient (Wildman–Crippen LogP) is 15.7. The Hall–Kier alpha value is -2.84. The summed E-state index contributed by atoms with van der Waals surface area (Å²) in [6.45, 7) is 9.11. The molecule has 0 spiro atoms. The van der Waals surface area contributed by atoms with E-state index in [1.807, 2.05) is 0 Å². The Morgan fingerprint density at radius 1 is 0.360 bits per heavy atom. The van der Waals surface area contributed by atoms with Crippen LogP contribution in [0, 0.1) is 24.7 Å². The van der Waals surface area contributed by atoms with Crippen molar-refractivity contribution in [2.24, 2.45) is 10.2 Å². The average Bonchev–Trinajstić information content (AvgIpc) is 3.13. The van der Waals surface area contributed by atoms with E-state index in [1.165, 1.54) is 164 Å². The van der Waals surface area contributed by atoms with Crippen LogP contribution in [0.5, 0.6) is 0 Å². The Morgan fingerprint density at radius 3 is 0.900 bits per heavy atom. The molecule has 0 fully saturated rings. The van der Waals surface area contributed by atoms with Gasteiger partial charge in [-0.2, -0.15) is 10.2 Å². The van der Waals surface area contributed by atoms with E-state index in [-0.39, 0.29) is 0 Å². The third-order valence-corrected chi connectivity index (χ3v) is 10.4. The number of terminal acetylenes is 2. The highest BCUT2D eigenvalue weighted by Crippen LogP contribution is 2.33. The summed E-state index contributed by atoms with van der Waals surface area (Å²) in [6.07, 6.45) is 46.9. The van der Waals surface area contributed by atoms with Gasteiger partial charge in [0.05, 0.1) is 11.4 Å². The zero-order chi connectivity index (χ0) is 36.1. The second-order valence-corrected chi connectivity index (χ2v) is 14.8. The minimum Gasteiger partial charge on any atom is -0.150 e. The third kappa shape index (κ3) is 17.9. The average molecular weight is 679 g/mol. The smallest absolute Gasteiger partial charge is 0.0892 e. The molecule has 0 N–H and O–H groups in total. The molecule has 0 aliphatic carbocycles. The first-order valence-corrected chi connectivity index (χ1v) is 21.3. The number of hydrogen-bond acceptors (Lipinski definition) is 2. The zero-order valence-corrected chi connectivity index (χ0v) is 33.2. The molecule has 2 heteroatoms. The fourth-order valence-electron chi connectivity index (χ4n) is 7.11. The Labute approximate surface area is 310 Å². The van der Waals surface area contributed by atoms with E-state index in [9.17, 15) is 0 Å². The molecule has 276 valence electrons. The number of benzene rings is 2. The highest BCUT2D eigenvalue weighted by Gasteiger charge is 2.13. The van der Waals surface area contributed by atoms with Gasteiger partial charge < -0.3 is 0 Å². The monoisotopic (exact) mass is 679 g/mol. The molecule has 0 saturated heterocycles. The van der Waals surface area contributed by atoms with Gasteiger partial charge in [-0.25, -0.2) is 0 Å². The number of azo groups is 1. The summed E-state index contributed by atoms with van der Waals surface area (Å²) >= 11 is 0. The maximum atomic E-state index is 6.12. The lowest BCUT2D eigenvalue weighted by Crippen LogP contribution is -1.97. The quantitative estimate of drug-likeness (QED) is 0.0446. The molecule has 2 aromatic carbocycles. The van der Waals surface area contributed by atoms with E-state index in [4.69, 9.17) is 23.1 Å². The van der Waals surface area contributed by atoms with Crippen LogP contribution in [0.1, 0.15) is 215 Å². The molecule has 0 saturated carbocycles. The minimum atomic E-state index is 0.996. The van der Waals surface area contributed by atoms with Crippen molar-refractivity contribution in [3.8, 4) is 24.7 Å². The Balaban J connectivity index is 2.40. The molecule has 0 atom stereocenters. The predicted molar refractivity (Wildman–Crippen MR) is 221 cm³/mol. The van der Waals surface area contributed by atoms with Gasteiger partial charge in [-0.05, 0) is 97.9 Å². The lowest BCUT2D eigenvalue weighted by molar-refractivity contribution is 0.605. The summed E-state index contributed by atoms with van der Waals surface area (Å²) in [4.78, 5) is 0. The summed E-state index contributed by atoms with van der Waals surface area (Å²) in [7, 11) is 0. The number of aryl methyl sites for hydroxylation is 4. The topological polar surface area (TPSA) is 24.7 Å². The summed E-state index contributed by atoms with van der Waals surface area (Å²) in [5, 5.41) is 10.1. The van der Waals surface area contributed by atoms with Crippen molar-refractivity contribution in [1.29, 1.82) is 0 Å². The minimum absolute atomic E-state index is 0.996. The second-order valence-electron chi connectivity index (χ2n) is 14.8. The molecule has 0 heterocycles. The molecule has 0 radical (unpaired) electrons. The van der Waals surface area contributed by atoms with Crippen LogP contribution in [0.25, 0.3) is 0 Å². The number of hydrogen-bond donors (Lipinski definition) is 0. The maximum Gasteiger partial charge on any atom is 0.0892 e. The second kappa shape index (κ2) is 28.8. The van der Waals surface area contributed by atoms with Crippen LogP contribution in [0.4, 0.5) is 11.4 Å². The SMILES string of the molecule is C#Cc1cc(CCCCCCCC)c(N=Nc2cc(CCCCCCCC)c(C#C)cc2CCCCCCCC)cc1CCCCCCCC. The van der Waals surface area contributed by atoms with Gasteiger partial charge in [-0.1, -0.05) is 168 Å². The van der Waals surface area contributed by atoms with Crippen LogP contribution in [-0.4, -0.2) is 0 Å². The van der Waals surface area contributed by atoms with Gasteiger partial charge in [-0.3, -0.25) is 0 Å². The van der Waals surface area contributed by atoms with Crippen LogP contribution in [0.15, 0.2) is 34.5 Å². The van der Waals surface area contributed by atoms with Crippen LogP contribution < -0.4 is 0 Å². The van der Waals surface area contributed by atoms with E-state index in [0.717, 1.165) is 61.0 Å². The summed E-state index contributed by atoms with van der Waals surface area (Å²) in [5.74, 6) is 6.06. The summed E-state index contributed by atoms with van der Waals surface area (Å²) < 4.78 is 0. The molecule has 0 aromatic heterocycles. The van der Waals surface area contributed by atoms with Crippen molar-refractivity contribution >= 4 is 11.4 Å². The van der Waals surface area contributed by atoms with Gasteiger partial charge in [0.25, 0.3) is 0 Å². The number of rotatable bonds is 30. The molecular formula is C48H74N2. The fourth-order valence-corrected chi connectivity index (χ4v) is 7.11.